The average molecular weight is 451 g/mol. The predicted octanol–water partition coefficient (Wildman–Crippen LogP) is 4.77. The first-order chi connectivity index (χ1) is 15.9. The molecule has 172 valence electrons. The molecule has 0 bridgehead atoms. The number of rotatable bonds is 6. The number of halogens is 1. The number of aryl methyl sites for hydroxylation is 2. The number of piperidine rings is 1. The van der Waals surface area contributed by atoms with Gasteiger partial charge >= 0.3 is 0 Å². The molecule has 1 aromatic heterocycles. The first-order valence-corrected chi connectivity index (χ1v) is 11.2. The van der Waals surface area contributed by atoms with E-state index in [0.29, 0.717) is 28.5 Å². The summed E-state index contributed by atoms with van der Waals surface area (Å²) < 4.78 is 18.3. The SMILES string of the molecule is Cc1cc(C(=O)N2CCCCC2C)ccc1NC(=O)CCc1nc(-c2ccc(F)cc2)no1. The second-order valence-corrected chi connectivity index (χ2v) is 8.44. The molecule has 1 aliphatic rings. The van der Waals surface area contributed by atoms with Gasteiger partial charge in [-0.3, -0.25) is 9.59 Å². The lowest BCUT2D eigenvalue weighted by Gasteiger charge is -2.33. The lowest BCUT2D eigenvalue weighted by atomic mass is 10.0. The van der Waals surface area contributed by atoms with Crippen molar-refractivity contribution < 1.29 is 18.5 Å². The van der Waals surface area contributed by atoms with E-state index in [-0.39, 0.29) is 36.5 Å². The number of hydrogen-bond acceptors (Lipinski definition) is 5. The average Bonchev–Trinajstić information content (AvgIpc) is 3.28. The van der Waals surface area contributed by atoms with Gasteiger partial charge in [-0.1, -0.05) is 5.16 Å². The van der Waals surface area contributed by atoms with Crippen LogP contribution in [0.15, 0.2) is 47.0 Å². The third kappa shape index (κ3) is 5.45. The van der Waals surface area contributed by atoms with Gasteiger partial charge in [0.1, 0.15) is 5.82 Å². The Labute approximate surface area is 192 Å². The van der Waals surface area contributed by atoms with Crippen LogP contribution in [-0.2, 0) is 11.2 Å². The second kappa shape index (κ2) is 9.94. The van der Waals surface area contributed by atoms with Crippen LogP contribution in [0.1, 0.15) is 54.4 Å². The van der Waals surface area contributed by atoms with Gasteiger partial charge in [-0.25, -0.2) is 4.39 Å². The number of benzene rings is 2. The molecule has 1 N–H and O–H groups in total. The molecule has 2 aromatic carbocycles. The van der Waals surface area contributed by atoms with E-state index in [1.54, 1.807) is 24.3 Å². The molecule has 0 spiro atoms. The summed E-state index contributed by atoms with van der Waals surface area (Å²) in [6, 6.07) is 11.4. The summed E-state index contributed by atoms with van der Waals surface area (Å²) in [5.74, 6) is 0.190. The first-order valence-electron chi connectivity index (χ1n) is 11.2. The van der Waals surface area contributed by atoms with Gasteiger partial charge in [-0.15, -0.1) is 0 Å². The Kier molecular flexibility index (Phi) is 6.82. The van der Waals surface area contributed by atoms with Crippen molar-refractivity contribution >= 4 is 17.5 Å². The Morgan fingerprint density at radius 3 is 2.70 bits per heavy atom. The van der Waals surface area contributed by atoms with E-state index >= 15 is 0 Å². The highest BCUT2D eigenvalue weighted by Crippen LogP contribution is 2.23. The van der Waals surface area contributed by atoms with Crippen molar-refractivity contribution in [3.8, 4) is 11.4 Å². The number of aromatic nitrogens is 2. The van der Waals surface area contributed by atoms with Crippen molar-refractivity contribution in [2.45, 2.75) is 52.0 Å². The normalized spacial score (nSPS) is 16.0. The van der Waals surface area contributed by atoms with Crippen LogP contribution in [0.2, 0.25) is 0 Å². The first kappa shape index (κ1) is 22.6. The summed E-state index contributed by atoms with van der Waals surface area (Å²) in [6.45, 7) is 4.75. The molecule has 2 heterocycles. The molecule has 0 aliphatic carbocycles. The maximum absolute atomic E-state index is 13.1. The zero-order valence-electron chi connectivity index (χ0n) is 18.8. The van der Waals surface area contributed by atoms with Crippen molar-refractivity contribution in [2.24, 2.45) is 0 Å². The van der Waals surface area contributed by atoms with Gasteiger partial charge < -0.3 is 14.7 Å². The third-order valence-corrected chi connectivity index (χ3v) is 5.95. The Balaban J connectivity index is 1.33. The van der Waals surface area contributed by atoms with Gasteiger partial charge in [0.2, 0.25) is 17.6 Å². The fourth-order valence-corrected chi connectivity index (χ4v) is 4.01. The summed E-state index contributed by atoms with van der Waals surface area (Å²) in [6.07, 6.45) is 3.67. The van der Waals surface area contributed by atoms with E-state index in [0.717, 1.165) is 31.4 Å². The number of hydrogen-bond donors (Lipinski definition) is 1. The highest BCUT2D eigenvalue weighted by molar-refractivity contribution is 5.96. The number of carbonyl (C=O) groups is 2. The summed E-state index contributed by atoms with van der Waals surface area (Å²) in [7, 11) is 0. The van der Waals surface area contributed by atoms with Crippen LogP contribution in [0.5, 0.6) is 0 Å². The molecular formula is C25H27FN4O3. The number of amides is 2. The molecular weight excluding hydrogens is 423 g/mol. The minimum atomic E-state index is -0.340. The molecule has 2 amide bonds. The highest BCUT2D eigenvalue weighted by Gasteiger charge is 2.24. The smallest absolute Gasteiger partial charge is 0.254 e. The van der Waals surface area contributed by atoms with E-state index in [9.17, 15) is 14.0 Å². The van der Waals surface area contributed by atoms with E-state index in [4.69, 9.17) is 4.52 Å². The predicted molar refractivity (Wildman–Crippen MR) is 122 cm³/mol. The fraction of sp³-hybridized carbons (Fsp3) is 0.360. The molecule has 1 fully saturated rings. The molecule has 4 rings (SSSR count). The Bertz CT molecular complexity index is 1140. The van der Waals surface area contributed by atoms with E-state index in [1.165, 1.54) is 12.1 Å². The lowest BCUT2D eigenvalue weighted by Crippen LogP contribution is -2.42. The summed E-state index contributed by atoms with van der Waals surface area (Å²) in [5, 5.41) is 6.77. The van der Waals surface area contributed by atoms with Crippen molar-refractivity contribution in [1.29, 1.82) is 0 Å². The number of anilines is 1. The van der Waals surface area contributed by atoms with Crippen molar-refractivity contribution in [1.82, 2.24) is 15.0 Å². The minimum Gasteiger partial charge on any atom is -0.339 e. The van der Waals surface area contributed by atoms with Gasteiger partial charge in [0.15, 0.2) is 0 Å². The van der Waals surface area contributed by atoms with Crippen LogP contribution in [0.3, 0.4) is 0 Å². The minimum absolute atomic E-state index is 0.0385. The van der Waals surface area contributed by atoms with Crippen LogP contribution >= 0.6 is 0 Å². The van der Waals surface area contributed by atoms with Crippen LogP contribution in [-0.4, -0.2) is 39.4 Å². The summed E-state index contributed by atoms with van der Waals surface area (Å²) in [4.78, 5) is 31.5. The zero-order chi connectivity index (χ0) is 23.4. The standard InChI is InChI=1S/C25H27FN4O3/c1-16-15-19(25(32)30-14-4-3-5-17(30)2)8-11-21(16)27-22(31)12-13-23-28-24(29-33-23)18-6-9-20(26)10-7-18/h6-11,15,17H,3-5,12-14H2,1-2H3,(H,27,31). The van der Waals surface area contributed by atoms with Gasteiger partial charge in [0.05, 0.1) is 0 Å². The number of carbonyl (C=O) groups excluding carboxylic acids is 2. The van der Waals surface area contributed by atoms with E-state index in [2.05, 4.69) is 22.4 Å². The largest absolute Gasteiger partial charge is 0.339 e. The van der Waals surface area contributed by atoms with Crippen LogP contribution < -0.4 is 5.32 Å². The molecule has 1 atom stereocenters. The number of nitrogens with one attached hydrogen (secondary N) is 1. The molecule has 1 unspecified atom stereocenters. The van der Waals surface area contributed by atoms with Crippen molar-refractivity contribution in [2.75, 3.05) is 11.9 Å². The number of nitrogens with zero attached hydrogens (tertiary/aromatic N) is 3. The second-order valence-electron chi connectivity index (χ2n) is 8.44. The van der Waals surface area contributed by atoms with Gasteiger partial charge in [0, 0.05) is 42.2 Å². The molecule has 1 aliphatic heterocycles. The summed E-state index contributed by atoms with van der Waals surface area (Å²) >= 11 is 0. The zero-order valence-corrected chi connectivity index (χ0v) is 18.8. The highest BCUT2D eigenvalue weighted by atomic mass is 19.1. The molecule has 0 saturated carbocycles. The van der Waals surface area contributed by atoms with Gasteiger partial charge in [-0.05, 0) is 81.1 Å². The molecule has 0 radical (unpaired) electrons. The molecule has 8 heteroatoms. The lowest BCUT2D eigenvalue weighted by molar-refractivity contribution is -0.116. The molecule has 33 heavy (non-hydrogen) atoms. The van der Waals surface area contributed by atoms with Crippen molar-refractivity contribution in [3.05, 3.63) is 65.3 Å². The molecule has 3 aromatic rings. The van der Waals surface area contributed by atoms with Crippen LogP contribution in [0, 0.1) is 12.7 Å². The van der Waals surface area contributed by atoms with E-state index < -0.39 is 0 Å². The fourth-order valence-electron chi connectivity index (χ4n) is 4.01. The maximum atomic E-state index is 13.1. The van der Waals surface area contributed by atoms with Crippen LogP contribution in [0.4, 0.5) is 10.1 Å². The molecule has 7 nitrogen and oxygen atoms in total. The number of likely N-dealkylation sites (tertiary alicyclic amines) is 1. The Morgan fingerprint density at radius 1 is 1.18 bits per heavy atom. The Hall–Kier alpha value is -3.55. The van der Waals surface area contributed by atoms with Crippen LogP contribution in [0.25, 0.3) is 11.4 Å². The maximum Gasteiger partial charge on any atom is 0.254 e. The van der Waals surface area contributed by atoms with E-state index in [1.807, 2.05) is 17.9 Å². The van der Waals surface area contributed by atoms with Gasteiger partial charge in [-0.2, -0.15) is 4.98 Å². The summed E-state index contributed by atoms with van der Waals surface area (Å²) in [5.41, 5.74) is 2.77. The third-order valence-electron chi connectivity index (χ3n) is 5.95. The topological polar surface area (TPSA) is 88.3 Å². The molecule has 1 saturated heterocycles. The van der Waals surface area contributed by atoms with Gasteiger partial charge in [0.25, 0.3) is 5.91 Å². The monoisotopic (exact) mass is 450 g/mol. The Morgan fingerprint density at radius 2 is 1.97 bits per heavy atom. The van der Waals surface area contributed by atoms with Crippen molar-refractivity contribution in [3.63, 3.8) is 0 Å². The quantitative estimate of drug-likeness (QED) is 0.584.